The lowest BCUT2D eigenvalue weighted by atomic mass is 10.1. The van der Waals surface area contributed by atoms with Crippen LogP contribution in [0.1, 0.15) is 5.56 Å². The number of carboxylic acids is 1. The molecule has 1 aliphatic rings. The topological polar surface area (TPSA) is 75.5 Å². The molecule has 0 aliphatic carbocycles. The predicted octanol–water partition coefficient (Wildman–Crippen LogP) is 3.29. The number of aromatic nitrogens is 2. The first-order chi connectivity index (χ1) is 12.7. The fourth-order valence-corrected chi connectivity index (χ4v) is 3.76. The van der Waals surface area contributed by atoms with Gasteiger partial charge in [-0.2, -0.15) is 0 Å². The van der Waals surface area contributed by atoms with E-state index in [1.54, 1.807) is 17.4 Å². The summed E-state index contributed by atoms with van der Waals surface area (Å²) in [5.74, 6) is 0.610. The van der Waals surface area contributed by atoms with Crippen LogP contribution in [0.5, 0.6) is 0 Å². The molecule has 0 saturated carbocycles. The van der Waals surface area contributed by atoms with Crippen molar-refractivity contribution in [1.29, 1.82) is 0 Å². The minimum atomic E-state index is -0.971. The van der Waals surface area contributed by atoms with Gasteiger partial charge in [0.15, 0.2) is 11.6 Å². The molecular formula is C19H17N3O3S. The van der Waals surface area contributed by atoms with Gasteiger partial charge in [-0.3, -0.25) is 0 Å². The molecular weight excluding hydrogens is 350 g/mol. The second-order valence-corrected chi connectivity index (χ2v) is 6.82. The van der Waals surface area contributed by atoms with Crippen LogP contribution in [0.15, 0.2) is 41.8 Å². The second kappa shape index (κ2) is 7.23. The number of carbonyl (C=O) groups is 1. The number of fused-ring (bicyclic) bond motifs is 1. The number of nitrogens with zero attached hydrogens (tertiary/aromatic N) is 3. The fourth-order valence-electron chi connectivity index (χ4n) is 2.92. The van der Waals surface area contributed by atoms with E-state index in [-0.39, 0.29) is 0 Å². The van der Waals surface area contributed by atoms with Crippen molar-refractivity contribution in [1.82, 2.24) is 9.97 Å². The molecule has 2 aromatic heterocycles. The molecule has 0 bridgehead atoms. The number of benzene rings is 1. The Morgan fingerprint density at radius 2 is 2.08 bits per heavy atom. The zero-order valence-electron chi connectivity index (χ0n) is 14.0. The summed E-state index contributed by atoms with van der Waals surface area (Å²) in [6.07, 6.45) is 2.69. The van der Waals surface area contributed by atoms with Crippen LogP contribution >= 0.6 is 11.3 Å². The molecule has 0 amide bonds. The van der Waals surface area contributed by atoms with Crippen LogP contribution < -0.4 is 4.90 Å². The highest BCUT2D eigenvalue weighted by atomic mass is 32.1. The number of hydrogen-bond donors (Lipinski definition) is 1. The molecule has 132 valence electrons. The van der Waals surface area contributed by atoms with Crippen LogP contribution in [-0.4, -0.2) is 47.3 Å². The molecule has 6 nitrogen and oxygen atoms in total. The van der Waals surface area contributed by atoms with Gasteiger partial charge in [0.25, 0.3) is 0 Å². The summed E-state index contributed by atoms with van der Waals surface area (Å²) < 4.78 is 6.54. The van der Waals surface area contributed by atoms with Crippen molar-refractivity contribution in [3.63, 3.8) is 0 Å². The van der Waals surface area contributed by atoms with Gasteiger partial charge in [0, 0.05) is 24.7 Å². The summed E-state index contributed by atoms with van der Waals surface area (Å²) in [4.78, 5) is 22.5. The summed E-state index contributed by atoms with van der Waals surface area (Å²) >= 11 is 1.64. The maximum absolute atomic E-state index is 10.7. The minimum Gasteiger partial charge on any atom is -0.478 e. The molecule has 1 aromatic carbocycles. The number of thiophene rings is 1. The normalized spacial score (nSPS) is 15.0. The van der Waals surface area contributed by atoms with Crippen LogP contribution in [-0.2, 0) is 9.53 Å². The lowest BCUT2D eigenvalue weighted by Gasteiger charge is -2.28. The van der Waals surface area contributed by atoms with Crippen molar-refractivity contribution in [3.8, 4) is 11.4 Å². The minimum absolute atomic E-state index is 0.642. The summed E-state index contributed by atoms with van der Waals surface area (Å²) in [6, 6.07) is 9.58. The van der Waals surface area contributed by atoms with E-state index in [1.807, 2.05) is 35.7 Å². The summed E-state index contributed by atoms with van der Waals surface area (Å²) in [6.45, 7) is 3.01. The zero-order valence-corrected chi connectivity index (χ0v) is 14.8. The van der Waals surface area contributed by atoms with Crippen LogP contribution in [0, 0.1) is 0 Å². The Morgan fingerprint density at radius 3 is 2.88 bits per heavy atom. The van der Waals surface area contributed by atoms with E-state index in [1.165, 1.54) is 0 Å². The molecule has 26 heavy (non-hydrogen) atoms. The number of ether oxygens (including phenoxy) is 1. The summed E-state index contributed by atoms with van der Waals surface area (Å²) in [5.41, 5.74) is 2.58. The van der Waals surface area contributed by atoms with Crippen molar-refractivity contribution in [2.75, 3.05) is 31.2 Å². The molecule has 1 N–H and O–H groups in total. The standard InChI is InChI=1S/C19H17N3O3S/c23-16(24)5-4-13-2-1-3-14(12-13)18-20-15-6-11-26-17(15)19(21-18)22-7-9-25-10-8-22/h1-6,11-12H,7-10H2,(H,23,24). The molecule has 0 spiro atoms. The average molecular weight is 367 g/mol. The van der Waals surface area contributed by atoms with Crippen molar-refractivity contribution in [2.24, 2.45) is 0 Å². The second-order valence-electron chi connectivity index (χ2n) is 5.90. The SMILES string of the molecule is O=C(O)C=Cc1cccc(-c2nc(N3CCOCC3)c3sccc3n2)c1. The van der Waals surface area contributed by atoms with Crippen molar-refractivity contribution in [3.05, 3.63) is 47.4 Å². The quantitative estimate of drug-likeness (QED) is 0.713. The van der Waals surface area contributed by atoms with Gasteiger partial charge in [0.1, 0.15) is 0 Å². The Morgan fingerprint density at radius 1 is 1.23 bits per heavy atom. The largest absolute Gasteiger partial charge is 0.478 e. The Bertz CT molecular complexity index is 977. The maximum Gasteiger partial charge on any atom is 0.328 e. The first-order valence-corrected chi connectivity index (χ1v) is 9.18. The molecule has 1 aliphatic heterocycles. The highest BCUT2D eigenvalue weighted by Gasteiger charge is 2.18. The lowest BCUT2D eigenvalue weighted by Crippen LogP contribution is -2.36. The monoisotopic (exact) mass is 367 g/mol. The lowest BCUT2D eigenvalue weighted by molar-refractivity contribution is -0.131. The van der Waals surface area contributed by atoms with Gasteiger partial charge in [0.2, 0.25) is 0 Å². The Labute approximate surface area is 154 Å². The van der Waals surface area contributed by atoms with Crippen LogP contribution in [0.4, 0.5) is 5.82 Å². The van der Waals surface area contributed by atoms with E-state index in [9.17, 15) is 4.79 Å². The van der Waals surface area contributed by atoms with E-state index < -0.39 is 5.97 Å². The number of rotatable bonds is 4. The smallest absolute Gasteiger partial charge is 0.328 e. The van der Waals surface area contributed by atoms with Crippen LogP contribution in [0.25, 0.3) is 27.7 Å². The Hall–Kier alpha value is -2.77. The van der Waals surface area contributed by atoms with Crippen molar-refractivity contribution >= 4 is 39.4 Å². The van der Waals surface area contributed by atoms with Gasteiger partial charge in [-0.1, -0.05) is 18.2 Å². The zero-order chi connectivity index (χ0) is 17.9. The summed E-state index contributed by atoms with van der Waals surface area (Å²) in [5, 5.41) is 10.8. The molecule has 1 saturated heterocycles. The van der Waals surface area contributed by atoms with Gasteiger partial charge in [-0.05, 0) is 29.2 Å². The number of morpholine rings is 1. The number of aliphatic carboxylic acids is 1. The van der Waals surface area contributed by atoms with Gasteiger partial charge in [-0.15, -0.1) is 11.3 Å². The molecule has 0 radical (unpaired) electrons. The third-order valence-corrected chi connectivity index (χ3v) is 5.06. The van der Waals surface area contributed by atoms with Crippen molar-refractivity contribution in [2.45, 2.75) is 0 Å². The van der Waals surface area contributed by atoms with E-state index >= 15 is 0 Å². The Balaban J connectivity index is 1.77. The third-order valence-electron chi connectivity index (χ3n) is 4.16. The summed E-state index contributed by atoms with van der Waals surface area (Å²) in [7, 11) is 0. The first kappa shape index (κ1) is 16.7. The molecule has 0 unspecified atom stereocenters. The van der Waals surface area contributed by atoms with E-state index in [0.717, 1.165) is 46.3 Å². The highest BCUT2D eigenvalue weighted by molar-refractivity contribution is 7.17. The highest BCUT2D eigenvalue weighted by Crippen LogP contribution is 2.32. The first-order valence-electron chi connectivity index (χ1n) is 8.30. The molecule has 3 heterocycles. The number of hydrogen-bond acceptors (Lipinski definition) is 6. The van der Waals surface area contributed by atoms with E-state index in [0.29, 0.717) is 19.0 Å². The van der Waals surface area contributed by atoms with Gasteiger partial charge >= 0.3 is 5.97 Å². The molecule has 1 fully saturated rings. The van der Waals surface area contributed by atoms with E-state index in [4.69, 9.17) is 19.8 Å². The number of carboxylic acid groups (broad SMARTS) is 1. The van der Waals surface area contributed by atoms with Crippen LogP contribution in [0.3, 0.4) is 0 Å². The molecule has 0 atom stereocenters. The van der Waals surface area contributed by atoms with Gasteiger partial charge in [0.05, 0.1) is 23.4 Å². The number of anilines is 1. The Kier molecular flexibility index (Phi) is 4.64. The van der Waals surface area contributed by atoms with Gasteiger partial charge < -0.3 is 14.7 Å². The predicted molar refractivity (Wildman–Crippen MR) is 103 cm³/mol. The van der Waals surface area contributed by atoms with Crippen molar-refractivity contribution < 1.29 is 14.6 Å². The molecule has 7 heteroatoms. The molecule has 4 rings (SSSR count). The van der Waals surface area contributed by atoms with E-state index in [2.05, 4.69) is 4.90 Å². The third kappa shape index (κ3) is 3.44. The van der Waals surface area contributed by atoms with Crippen LogP contribution in [0.2, 0.25) is 0 Å². The van der Waals surface area contributed by atoms with Gasteiger partial charge in [-0.25, -0.2) is 14.8 Å². The molecule has 3 aromatic rings. The maximum atomic E-state index is 10.7. The average Bonchev–Trinajstić information content (AvgIpc) is 3.15. The fraction of sp³-hybridized carbons (Fsp3) is 0.211.